The van der Waals surface area contributed by atoms with E-state index in [9.17, 15) is 13.6 Å². The van der Waals surface area contributed by atoms with Crippen molar-refractivity contribution in [2.24, 2.45) is 0 Å². The largest absolute Gasteiger partial charge is 0.398 e. The Kier molecular flexibility index (Phi) is 3.50. The fourth-order valence-electron chi connectivity index (χ4n) is 1.98. The van der Waals surface area contributed by atoms with Gasteiger partial charge >= 0.3 is 0 Å². The van der Waals surface area contributed by atoms with Crippen molar-refractivity contribution >= 4 is 11.6 Å². The summed E-state index contributed by atoms with van der Waals surface area (Å²) in [6.45, 7) is 2.58. The molecule has 0 aliphatic heterocycles. The minimum atomic E-state index is -1.04. The molecule has 98 valence electrons. The maximum absolute atomic E-state index is 13.2. The number of benzene rings is 1. The predicted molar refractivity (Wildman–Crippen MR) is 65.1 cm³/mol. The van der Waals surface area contributed by atoms with Crippen LogP contribution >= 0.6 is 0 Å². The lowest BCUT2D eigenvalue weighted by Gasteiger charge is -2.22. The van der Waals surface area contributed by atoms with Gasteiger partial charge in [0.1, 0.15) is 0 Å². The molecule has 0 unspecified atom stereocenters. The summed E-state index contributed by atoms with van der Waals surface area (Å²) in [7, 11) is 0. The molecule has 0 radical (unpaired) electrons. The van der Waals surface area contributed by atoms with E-state index in [4.69, 9.17) is 5.73 Å². The highest BCUT2D eigenvalue weighted by molar-refractivity contribution is 5.99. The number of nitrogen functional groups attached to an aromatic ring is 1. The second-order valence-corrected chi connectivity index (χ2v) is 4.58. The van der Waals surface area contributed by atoms with E-state index in [1.807, 2.05) is 6.92 Å². The Balaban J connectivity index is 2.29. The van der Waals surface area contributed by atoms with Crippen LogP contribution in [0, 0.1) is 11.6 Å². The molecule has 1 saturated carbocycles. The van der Waals surface area contributed by atoms with Crippen molar-refractivity contribution in [1.29, 1.82) is 0 Å². The molecule has 0 heterocycles. The lowest BCUT2D eigenvalue weighted by molar-refractivity contribution is 0.0743. The Labute approximate surface area is 105 Å². The van der Waals surface area contributed by atoms with Crippen molar-refractivity contribution in [1.82, 2.24) is 4.90 Å². The number of rotatable bonds is 4. The molecule has 1 aromatic rings. The van der Waals surface area contributed by atoms with Crippen LogP contribution in [0.1, 0.15) is 36.5 Å². The van der Waals surface area contributed by atoms with Gasteiger partial charge < -0.3 is 10.6 Å². The molecule has 18 heavy (non-hydrogen) atoms. The van der Waals surface area contributed by atoms with Crippen LogP contribution < -0.4 is 5.73 Å². The highest BCUT2D eigenvalue weighted by Crippen LogP contribution is 2.29. The molecule has 3 nitrogen and oxygen atoms in total. The van der Waals surface area contributed by atoms with E-state index >= 15 is 0 Å². The Morgan fingerprint density at radius 2 is 2.00 bits per heavy atom. The van der Waals surface area contributed by atoms with E-state index < -0.39 is 11.6 Å². The average Bonchev–Trinajstić information content (AvgIpc) is 3.14. The molecule has 1 aliphatic rings. The first-order valence-electron chi connectivity index (χ1n) is 6.10. The first kappa shape index (κ1) is 12.8. The second kappa shape index (κ2) is 4.92. The summed E-state index contributed by atoms with van der Waals surface area (Å²) in [5.74, 6) is -2.38. The molecular weight excluding hydrogens is 238 g/mol. The zero-order chi connectivity index (χ0) is 13.3. The van der Waals surface area contributed by atoms with Crippen LogP contribution in [0.3, 0.4) is 0 Å². The van der Waals surface area contributed by atoms with Crippen molar-refractivity contribution in [3.05, 3.63) is 29.3 Å². The van der Waals surface area contributed by atoms with E-state index in [-0.39, 0.29) is 23.2 Å². The summed E-state index contributed by atoms with van der Waals surface area (Å²) in [6, 6.07) is 1.97. The van der Waals surface area contributed by atoms with Crippen molar-refractivity contribution < 1.29 is 13.6 Å². The molecule has 5 heteroatoms. The summed E-state index contributed by atoms with van der Waals surface area (Å²) in [6.07, 6.45) is 2.76. The maximum Gasteiger partial charge on any atom is 0.256 e. The molecule has 0 atom stereocenters. The third-order valence-corrected chi connectivity index (χ3v) is 3.04. The van der Waals surface area contributed by atoms with Crippen molar-refractivity contribution in [2.45, 2.75) is 32.2 Å². The number of halogens is 2. The summed E-state index contributed by atoms with van der Waals surface area (Å²) in [5.41, 5.74) is 5.63. The van der Waals surface area contributed by atoms with Gasteiger partial charge in [0.25, 0.3) is 5.91 Å². The number of anilines is 1. The molecule has 0 aromatic heterocycles. The van der Waals surface area contributed by atoms with Gasteiger partial charge in [0.05, 0.1) is 5.56 Å². The van der Waals surface area contributed by atoms with Crippen molar-refractivity contribution in [2.75, 3.05) is 12.3 Å². The maximum atomic E-state index is 13.2. The van der Waals surface area contributed by atoms with Crippen LogP contribution in [-0.4, -0.2) is 23.4 Å². The van der Waals surface area contributed by atoms with Crippen LogP contribution in [0.5, 0.6) is 0 Å². The molecule has 2 N–H and O–H groups in total. The van der Waals surface area contributed by atoms with Crippen molar-refractivity contribution in [3.8, 4) is 0 Å². The van der Waals surface area contributed by atoms with Gasteiger partial charge in [0.2, 0.25) is 0 Å². The average molecular weight is 254 g/mol. The molecule has 1 aliphatic carbocycles. The Morgan fingerprint density at radius 3 is 2.56 bits per heavy atom. The van der Waals surface area contributed by atoms with Gasteiger partial charge in [-0.15, -0.1) is 0 Å². The van der Waals surface area contributed by atoms with E-state index in [1.165, 1.54) is 0 Å². The third kappa shape index (κ3) is 2.44. The molecule has 2 rings (SSSR count). The number of hydrogen-bond donors (Lipinski definition) is 1. The highest BCUT2D eigenvalue weighted by Gasteiger charge is 2.33. The normalized spacial score (nSPS) is 14.6. The number of amides is 1. The molecule has 0 saturated heterocycles. The minimum absolute atomic E-state index is 0.0133. The molecule has 0 spiro atoms. The summed E-state index contributed by atoms with van der Waals surface area (Å²) in [4.78, 5) is 14.0. The van der Waals surface area contributed by atoms with E-state index in [1.54, 1.807) is 4.90 Å². The smallest absolute Gasteiger partial charge is 0.256 e. The summed E-state index contributed by atoms with van der Waals surface area (Å²) in [5, 5.41) is 0. The molecule has 1 amide bonds. The van der Waals surface area contributed by atoms with Gasteiger partial charge in [0, 0.05) is 24.3 Å². The topological polar surface area (TPSA) is 46.3 Å². The van der Waals surface area contributed by atoms with Crippen LogP contribution in [0.15, 0.2) is 12.1 Å². The minimum Gasteiger partial charge on any atom is -0.398 e. The molecule has 0 bridgehead atoms. The zero-order valence-corrected chi connectivity index (χ0v) is 10.2. The predicted octanol–water partition coefficient (Wildman–Crippen LogP) is 2.56. The Hall–Kier alpha value is -1.65. The van der Waals surface area contributed by atoms with Gasteiger partial charge in [-0.3, -0.25) is 4.79 Å². The lowest BCUT2D eigenvalue weighted by Crippen LogP contribution is -2.34. The lowest BCUT2D eigenvalue weighted by atomic mass is 10.1. The fraction of sp³-hybridized carbons (Fsp3) is 0.462. The van der Waals surface area contributed by atoms with Crippen LogP contribution in [-0.2, 0) is 0 Å². The number of hydrogen-bond acceptors (Lipinski definition) is 2. The van der Waals surface area contributed by atoms with Gasteiger partial charge in [-0.25, -0.2) is 8.78 Å². The second-order valence-electron chi connectivity index (χ2n) is 4.58. The number of nitrogens with two attached hydrogens (primary N) is 1. The number of nitrogens with zero attached hydrogens (tertiary/aromatic N) is 1. The zero-order valence-electron chi connectivity index (χ0n) is 10.2. The van der Waals surface area contributed by atoms with Gasteiger partial charge in [-0.1, -0.05) is 6.92 Å². The molecule has 1 fully saturated rings. The Morgan fingerprint density at radius 1 is 1.39 bits per heavy atom. The molecule has 1 aromatic carbocycles. The Bertz CT molecular complexity index is 472. The van der Waals surface area contributed by atoms with Crippen LogP contribution in [0.2, 0.25) is 0 Å². The third-order valence-electron chi connectivity index (χ3n) is 3.04. The first-order valence-corrected chi connectivity index (χ1v) is 6.10. The number of carbonyl (C=O) groups excluding carboxylic acids is 1. The first-order chi connectivity index (χ1) is 8.54. The van der Waals surface area contributed by atoms with Crippen LogP contribution in [0.25, 0.3) is 0 Å². The monoisotopic (exact) mass is 254 g/mol. The van der Waals surface area contributed by atoms with Crippen LogP contribution in [0.4, 0.5) is 14.5 Å². The van der Waals surface area contributed by atoms with E-state index in [0.717, 1.165) is 31.4 Å². The summed E-state index contributed by atoms with van der Waals surface area (Å²) >= 11 is 0. The summed E-state index contributed by atoms with van der Waals surface area (Å²) < 4.78 is 26.1. The highest BCUT2D eigenvalue weighted by atomic mass is 19.2. The number of carbonyl (C=O) groups is 1. The van der Waals surface area contributed by atoms with Gasteiger partial charge in [-0.05, 0) is 25.3 Å². The van der Waals surface area contributed by atoms with E-state index in [2.05, 4.69) is 0 Å². The SMILES string of the molecule is CCCN(C(=O)c1cc(F)c(F)cc1N)C1CC1. The quantitative estimate of drug-likeness (QED) is 0.839. The molecular formula is C13H16F2N2O. The van der Waals surface area contributed by atoms with Crippen molar-refractivity contribution in [3.63, 3.8) is 0 Å². The standard InChI is InChI=1S/C13H16F2N2O/c1-2-5-17(8-3-4-8)13(18)9-6-10(14)11(15)7-12(9)16/h6-8H,2-5,16H2,1H3. The van der Waals surface area contributed by atoms with E-state index in [0.29, 0.717) is 6.54 Å². The van der Waals surface area contributed by atoms with Gasteiger partial charge in [-0.2, -0.15) is 0 Å². The fourth-order valence-corrected chi connectivity index (χ4v) is 1.98. The van der Waals surface area contributed by atoms with Gasteiger partial charge in [0.15, 0.2) is 11.6 Å².